The number of ether oxygens (including phenoxy) is 1. The summed E-state index contributed by atoms with van der Waals surface area (Å²) < 4.78 is 6.69. The lowest BCUT2D eigenvalue weighted by Gasteiger charge is -2.09. The molecule has 1 amide bonds. The number of carbonyl (C=O) groups is 1. The molecule has 2 N–H and O–H groups in total. The van der Waals surface area contributed by atoms with Crippen molar-refractivity contribution in [2.75, 3.05) is 18.2 Å². The first-order valence-electron chi connectivity index (χ1n) is 9.49. The number of fused-ring (bicyclic) bond motifs is 1. The van der Waals surface area contributed by atoms with Crippen molar-refractivity contribution in [3.63, 3.8) is 0 Å². The van der Waals surface area contributed by atoms with E-state index in [0.717, 1.165) is 11.1 Å². The molecule has 0 bridgehead atoms. The van der Waals surface area contributed by atoms with Crippen LogP contribution in [0.1, 0.15) is 16.8 Å². The first-order valence-corrected chi connectivity index (χ1v) is 10.5. The Morgan fingerprint density at radius 2 is 1.94 bits per heavy atom. The monoisotopic (exact) mass is 436 g/mol. The molecule has 0 unspecified atom stereocenters. The molecule has 0 saturated heterocycles. The molecule has 9 nitrogen and oxygen atoms in total. The number of anilines is 1. The summed E-state index contributed by atoms with van der Waals surface area (Å²) in [6.07, 6.45) is 0.377. The molecule has 0 radical (unpaired) electrons. The molecule has 10 heteroatoms. The normalized spacial score (nSPS) is 10.9. The largest absolute Gasteiger partial charge is 0.495 e. The van der Waals surface area contributed by atoms with Gasteiger partial charge in [-0.05, 0) is 24.6 Å². The Morgan fingerprint density at radius 3 is 2.71 bits per heavy atom. The maximum Gasteiger partial charge on any atom is 0.274 e. The van der Waals surface area contributed by atoms with Crippen LogP contribution >= 0.6 is 11.8 Å². The van der Waals surface area contributed by atoms with Gasteiger partial charge in [-0.15, -0.1) is 10.2 Å². The zero-order valence-electron chi connectivity index (χ0n) is 17.0. The summed E-state index contributed by atoms with van der Waals surface area (Å²) >= 11 is 1.17. The molecule has 0 aliphatic carbocycles. The number of amides is 1. The van der Waals surface area contributed by atoms with Crippen LogP contribution in [0.2, 0.25) is 0 Å². The number of carbonyl (C=O) groups excluding carboxylic acids is 1. The van der Waals surface area contributed by atoms with Gasteiger partial charge in [-0.3, -0.25) is 14.6 Å². The van der Waals surface area contributed by atoms with Crippen LogP contribution in [0.4, 0.5) is 5.69 Å². The summed E-state index contributed by atoms with van der Waals surface area (Å²) in [6.45, 7) is 2.01. The number of aromatic nitrogens is 5. The third-order valence-electron chi connectivity index (χ3n) is 4.53. The summed E-state index contributed by atoms with van der Waals surface area (Å²) in [5.74, 6) is 0.669. The second-order valence-corrected chi connectivity index (χ2v) is 7.76. The molecule has 0 aliphatic rings. The van der Waals surface area contributed by atoms with Crippen molar-refractivity contribution < 1.29 is 9.53 Å². The number of H-pyrrole nitrogens is 1. The van der Waals surface area contributed by atoms with E-state index in [1.807, 2.05) is 43.3 Å². The van der Waals surface area contributed by atoms with Gasteiger partial charge in [-0.2, -0.15) is 9.61 Å². The quantitative estimate of drug-likeness (QED) is 0.428. The van der Waals surface area contributed by atoms with Crippen molar-refractivity contribution in [2.45, 2.75) is 18.5 Å². The highest BCUT2D eigenvalue weighted by Crippen LogP contribution is 2.23. The van der Waals surface area contributed by atoms with E-state index in [2.05, 4.69) is 25.6 Å². The minimum atomic E-state index is -0.314. The summed E-state index contributed by atoms with van der Waals surface area (Å²) in [6, 6.07) is 15.1. The smallest absolute Gasteiger partial charge is 0.274 e. The van der Waals surface area contributed by atoms with E-state index in [1.165, 1.54) is 16.3 Å². The van der Waals surface area contributed by atoms with E-state index in [-0.39, 0.29) is 23.0 Å². The van der Waals surface area contributed by atoms with Crippen molar-refractivity contribution in [2.24, 2.45) is 0 Å². The number of para-hydroxylation sites is 2. The molecule has 0 saturated carbocycles. The second-order valence-electron chi connectivity index (χ2n) is 6.82. The topological polar surface area (TPSA) is 114 Å². The molecule has 2 aromatic heterocycles. The van der Waals surface area contributed by atoms with Crippen LogP contribution < -0.4 is 15.6 Å². The number of aryl methyl sites for hydroxylation is 1. The Hall–Kier alpha value is -3.66. The first-order chi connectivity index (χ1) is 15.0. The number of nitrogens with zero attached hydrogens (tertiary/aromatic N) is 4. The van der Waals surface area contributed by atoms with E-state index in [1.54, 1.807) is 19.2 Å². The van der Waals surface area contributed by atoms with Crippen molar-refractivity contribution in [1.82, 2.24) is 24.8 Å². The zero-order valence-corrected chi connectivity index (χ0v) is 17.8. The number of thioether (sulfide) groups is 1. The van der Waals surface area contributed by atoms with Crippen LogP contribution in [0.25, 0.3) is 5.78 Å². The molecular weight excluding hydrogens is 416 g/mol. The molecule has 2 heterocycles. The van der Waals surface area contributed by atoms with Gasteiger partial charge in [0.05, 0.1) is 18.6 Å². The highest BCUT2D eigenvalue weighted by molar-refractivity contribution is 7.99. The van der Waals surface area contributed by atoms with Gasteiger partial charge in [0.25, 0.3) is 11.3 Å². The van der Waals surface area contributed by atoms with Crippen LogP contribution in [-0.4, -0.2) is 43.6 Å². The number of rotatable bonds is 7. The standard InChI is InChI=1S/C21H20N6O3S/c1-13-7-9-14(10-8-13)11-16-19(29)23-20-24-25-21(27(20)26-16)31-12-18(28)22-15-5-3-4-6-17(15)30-2/h3-10H,11-12H2,1-2H3,(H,22,28)(H,23,24,29). The lowest BCUT2D eigenvalue weighted by atomic mass is 10.1. The van der Waals surface area contributed by atoms with Crippen LogP contribution in [-0.2, 0) is 11.2 Å². The highest BCUT2D eigenvalue weighted by Gasteiger charge is 2.14. The Kier molecular flexibility index (Phi) is 5.99. The SMILES string of the molecule is COc1ccccc1NC(=O)CSc1nnc2[nH]c(=O)c(Cc3ccc(C)cc3)nn12. The predicted octanol–water partition coefficient (Wildman–Crippen LogP) is 2.45. The first kappa shape index (κ1) is 20.6. The van der Waals surface area contributed by atoms with Gasteiger partial charge < -0.3 is 10.1 Å². The Labute approximate surface area is 181 Å². The Morgan fingerprint density at radius 1 is 1.16 bits per heavy atom. The molecule has 4 aromatic rings. The third kappa shape index (κ3) is 4.75. The number of benzene rings is 2. The molecule has 0 fully saturated rings. The second kappa shape index (κ2) is 9.00. The highest BCUT2D eigenvalue weighted by atomic mass is 32.2. The van der Waals surface area contributed by atoms with Gasteiger partial charge >= 0.3 is 0 Å². The molecule has 0 atom stereocenters. The fraction of sp³-hybridized carbons (Fsp3) is 0.190. The predicted molar refractivity (Wildman–Crippen MR) is 118 cm³/mol. The number of hydrogen-bond donors (Lipinski definition) is 2. The number of hydrogen-bond acceptors (Lipinski definition) is 7. The molecule has 4 rings (SSSR count). The lowest BCUT2D eigenvalue weighted by Crippen LogP contribution is -2.19. The molecular formula is C21H20N6O3S. The minimum Gasteiger partial charge on any atom is -0.495 e. The maximum absolute atomic E-state index is 12.4. The Bertz CT molecular complexity index is 1280. The van der Waals surface area contributed by atoms with Crippen LogP contribution in [0, 0.1) is 6.92 Å². The van der Waals surface area contributed by atoms with Gasteiger partial charge in [0, 0.05) is 6.42 Å². The van der Waals surface area contributed by atoms with E-state index < -0.39 is 0 Å². The van der Waals surface area contributed by atoms with E-state index in [4.69, 9.17) is 4.74 Å². The fourth-order valence-corrected chi connectivity index (χ4v) is 3.62. The van der Waals surface area contributed by atoms with Crippen LogP contribution in [0.5, 0.6) is 5.75 Å². The van der Waals surface area contributed by atoms with Gasteiger partial charge in [0.15, 0.2) is 0 Å². The van der Waals surface area contributed by atoms with Gasteiger partial charge in [0.2, 0.25) is 11.1 Å². The molecule has 0 spiro atoms. The summed E-state index contributed by atoms with van der Waals surface area (Å²) in [5.41, 5.74) is 2.73. The summed E-state index contributed by atoms with van der Waals surface area (Å²) in [5, 5.41) is 15.6. The third-order valence-corrected chi connectivity index (χ3v) is 5.45. The van der Waals surface area contributed by atoms with Gasteiger partial charge in [0.1, 0.15) is 11.4 Å². The Balaban J connectivity index is 1.49. The minimum absolute atomic E-state index is 0.0902. The van der Waals surface area contributed by atoms with Crippen molar-refractivity contribution >= 4 is 29.1 Å². The average molecular weight is 436 g/mol. The molecule has 2 aromatic carbocycles. The van der Waals surface area contributed by atoms with E-state index in [9.17, 15) is 9.59 Å². The van der Waals surface area contributed by atoms with Crippen molar-refractivity contribution in [3.8, 4) is 5.75 Å². The molecule has 31 heavy (non-hydrogen) atoms. The number of nitrogens with one attached hydrogen (secondary N) is 2. The lowest BCUT2D eigenvalue weighted by molar-refractivity contribution is -0.113. The summed E-state index contributed by atoms with van der Waals surface area (Å²) in [7, 11) is 1.54. The average Bonchev–Trinajstić information content (AvgIpc) is 3.16. The zero-order chi connectivity index (χ0) is 21.8. The van der Waals surface area contributed by atoms with Crippen LogP contribution in [0.3, 0.4) is 0 Å². The van der Waals surface area contributed by atoms with Crippen molar-refractivity contribution in [3.05, 3.63) is 75.7 Å². The van der Waals surface area contributed by atoms with Crippen LogP contribution in [0.15, 0.2) is 58.5 Å². The van der Waals surface area contributed by atoms with Gasteiger partial charge in [-0.1, -0.05) is 53.7 Å². The van der Waals surface area contributed by atoms with E-state index >= 15 is 0 Å². The van der Waals surface area contributed by atoms with E-state index in [0.29, 0.717) is 28.7 Å². The molecule has 158 valence electrons. The molecule has 0 aliphatic heterocycles. The number of methoxy groups -OCH3 is 1. The van der Waals surface area contributed by atoms with Crippen molar-refractivity contribution in [1.29, 1.82) is 0 Å². The number of aromatic amines is 1. The fourth-order valence-electron chi connectivity index (χ4n) is 2.94. The van der Waals surface area contributed by atoms with Gasteiger partial charge in [-0.25, -0.2) is 0 Å². The maximum atomic E-state index is 12.4. The summed E-state index contributed by atoms with van der Waals surface area (Å²) in [4.78, 5) is 27.4.